The number of hydrogen-bond acceptors (Lipinski definition) is 6. The Morgan fingerprint density at radius 1 is 0.317 bits per heavy atom. The number of alkyl halides is 12. The van der Waals surface area contributed by atoms with E-state index in [4.69, 9.17) is 13.0 Å². The second-order valence-electron chi connectivity index (χ2n) is 12.0. The molecule has 0 aliphatic carbocycles. The Morgan fingerprint density at radius 2 is 0.492 bits per heavy atom. The smallest absolute Gasteiger partial charge is 0.485 e. The average Bonchev–Trinajstić information content (AvgIpc) is 3.22. The molecule has 6 nitrogen and oxygen atoms in total. The zero-order valence-electron chi connectivity index (χ0n) is 31.4. The zero-order chi connectivity index (χ0) is 47.3. The molecule has 0 saturated carbocycles. The molecule has 0 bridgehead atoms. The summed E-state index contributed by atoms with van der Waals surface area (Å²) >= 11 is 0. The van der Waals surface area contributed by atoms with E-state index in [0.29, 0.717) is 0 Å². The molecule has 0 saturated heterocycles. The van der Waals surface area contributed by atoms with E-state index in [1.807, 2.05) is 0 Å². The Kier molecular flexibility index (Phi) is 17.9. The van der Waals surface area contributed by atoms with Crippen LogP contribution in [-0.4, -0.2) is 54.7 Å². The van der Waals surface area contributed by atoms with Crippen molar-refractivity contribution in [2.24, 2.45) is 0 Å². The van der Waals surface area contributed by atoms with E-state index < -0.39 is 49.0 Å². The molecule has 0 amide bonds. The molecule has 0 N–H and O–H groups in total. The summed E-state index contributed by atoms with van der Waals surface area (Å²) in [6, 6.07) is 64.3. The number of hydrogen-bond donors (Lipinski definition) is 0. The van der Waals surface area contributed by atoms with E-state index in [-0.39, 0.29) is 21.8 Å². The fourth-order valence-corrected chi connectivity index (χ4v) is 9.32. The Bertz CT molecular complexity index is 2200. The van der Waals surface area contributed by atoms with Gasteiger partial charge in [-0.15, -0.1) is 0 Å². The van der Waals surface area contributed by atoms with Gasteiger partial charge in [-0.1, -0.05) is 109 Å². The molecule has 0 aliphatic heterocycles. The van der Waals surface area contributed by atoms with Gasteiger partial charge in [-0.25, -0.2) is 16.8 Å². The fourth-order valence-electron chi connectivity index (χ4n) is 4.67. The van der Waals surface area contributed by atoms with Gasteiger partial charge in [0.25, 0.3) is 0 Å². The van der Waals surface area contributed by atoms with E-state index in [0.717, 1.165) is 0 Å². The molecule has 0 radical (unpaired) electrons. The lowest BCUT2D eigenvalue weighted by molar-refractivity contribution is -0.382. The quantitative estimate of drug-likeness (QED) is 0.0617. The Labute approximate surface area is 359 Å². The molecular formula is C41H30F12O6S4. The molecule has 0 aromatic heterocycles. The van der Waals surface area contributed by atoms with Crippen LogP contribution in [0.2, 0.25) is 0 Å². The van der Waals surface area contributed by atoms with Crippen molar-refractivity contribution in [2.45, 2.75) is 58.2 Å². The Morgan fingerprint density at radius 3 is 0.619 bits per heavy atom. The van der Waals surface area contributed by atoms with Crippen molar-refractivity contribution in [3.8, 4) is 0 Å². The van der Waals surface area contributed by atoms with Crippen molar-refractivity contribution in [3.05, 3.63) is 182 Å². The molecule has 22 heteroatoms. The monoisotopic (exact) mass is 974 g/mol. The maximum absolute atomic E-state index is 12.2. The molecule has 63 heavy (non-hydrogen) atoms. The Hall–Kier alpha value is -5.00. The molecule has 338 valence electrons. The third kappa shape index (κ3) is 13.7. The molecule has 0 spiro atoms. The van der Waals surface area contributed by atoms with E-state index >= 15 is 0 Å². The van der Waals surface area contributed by atoms with Crippen LogP contribution < -0.4 is 0 Å². The zero-order valence-corrected chi connectivity index (χ0v) is 34.7. The van der Waals surface area contributed by atoms with Gasteiger partial charge >= 0.3 is 28.8 Å². The summed E-state index contributed by atoms with van der Waals surface area (Å²) in [5, 5.41) is -7.11. The standard InChI is InChI=1S/2C18H15S.C4HF9O3S.CHF3O3S/c2*1-4-10-16(11-5-1)19(17-12-6-2-7-13-17)18-14-8-3-9-15-18;5-1(6,3(9,10)11)2(7,8)4(12,13)17(14,15)16;2-1(3,4)8(5,6)7/h2*1-15H;(H,14,15,16);(H,5,6,7)/q2*+1;;/p-2. The molecule has 0 unspecified atom stereocenters. The third-order valence-corrected chi connectivity index (χ3v) is 13.5. The second kappa shape index (κ2) is 21.6. The first-order chi connectivity index (χ1) is 29.1. The van der Waals surface area contributed by atoms with Crippen LogP contribution in [0.1, 0.15) is 0 Å². The van der Waals surface area contributed by atoms with Gasteiger partial charge in [-0.05, 0) is 72.8 Å². The van der Waals surface area contributed by atoms with E-state index in [1.54, 1.807) is 0 Å². The normalized spacial score (nSPS) is 12.5. The van der Waals surface area contributed by atoms with Crippen LogP contribution >= 0.6 is 0 Å². The minimum atomic E-state index is -7.43. The van der Waals surface area contributed by atoms with Gasteiger partial charge in [-0.3, -0.25) is 0 Å². The van der Waals surface area contributed by atoms with Crippen LogP contribution in [0.25, 0.3) is 0 Å². The highest BCUT2D eigenvalue weighted by Gasteiger charge is 2.83. The first kappa shape index (κ1) is 52.3. The minimum absolute atomic E-state index is 0.0146. The molecular weight excluding hydrogens is 945 g/mol. The van der Waals surface area contributed by atoms with E-state index in [1.165, 1.54) is 29.4 Å². The number of rotatable bonds is 9. The Balaban J connectivity index is 0.000000232. The maximum atomic E-state index is 12.2. The van der Waals surface area contributed by atoms with Crippen molar-refractivity contribution in [1.82, 2.24) is 0 Å². The molecule has 6 aromatic carbocycles. The summed E-state index contributed by atoms with van der Waals surface area (Å²) in [6.07, 6.45) is -7.16. The summed E-state index contributed by atoms with van der Waals surface area (Å²) in [7, 11) is -13.5. The fraction of sp³-hybridized carbons (Fsp3) is 0.122. The predicted octanol–water partition coefficient (Wildman–Crippen LogP) is 11.6. The SMILES string of the molecule is O=S(=O)([O-])C(F)(F)C(F)(F)C(F)(F)C(F)(F)F.O=S(=O)([O-])C(F)(F)F.c1ccc([S+](c2ccccc2)c2ccccc2)cc1.c1ccc([S+](c2ccccc2)c2ccccc2)cc1. The highest BCUT2D eigenvalue weighted by molar-refractivity contribution is 7.97. The van der Waals surface area contributed by atoms with Crippen molar-refractivity contribution in [3.63, 3.8) is 0 Å². The highest BCUT2D eigenvalue weighted by atomic mass is 32.2. The van der Waals surface area contributed by atoms with E-state index in [2.05, 4.69) is 182 Å². The second-order valence-corrected chi connectivity index (χ2v) is 18.9. The van der Waals surface area contributed by atoms with Gasteiger partial charge in [0, 0.05) is 0 Å². The maximum Gasteiger partial charge on any atom is 0.485 e. The lowest BCUT2D eigenvalue weighted by Crippen LogP contribution is -2.63. The largest absolute Gasteiger partial charge is 0.743 e. The first-order valence-electron chi connectivity index (χ1n) is 17.1. The van der Waals surface area contributed by atoms with Crippen LogP contribution in [0, 0.1) is 0 Å². The van der Waals surface area contributed by atoms with Crippen LogP contribution in [0.5, 0.6) is 0 Å². The average molecular weight is 975 g/mol. The van der Waals surface area contributed by atoms with Gasteiger partial charge in [0.1, 0.15) is 0 Å². The van der Waals surface area contributed by atoms with E-state index in [9.17, 15) is 65.7 Å². The number of benzene rings is 6. The van der Waals surface area contributed by atoms with Crippen molar-refractivity contribution in [1.29, 1.82) is 0 Å². The van der Waals surface area contributed by atoms with Crippen LogP contribution in [-0.2, 0) is 42.0 Å². The molecule has 0 heterocycles. The minimum Gasteiger partial charge on any atom is -0.743 e. The summed E-state index contributed by atoms with van der Waals surface area (Å²) in [5.74, 6) is -14.8. The summed E-state index contributed by atoms with van der Waals surface area (Å²) in [6.45, 7) is 0. The summed E-state index contributed by atoms with van der Waals surface area (Å²) in [5.41, 5.74) is -5.65. The van der Waals surface area contributed by atoms with Crippen molar-refractivity contribution in [2.75, 3.05) is 0 Å². The van der Waals surface area contributed by atoms with Gasteiger partial charge in [-0.2, -0.15) is 52.7 Å². The van der Waals surface area contributed by atoms with Crippen LogP contribution in [0.4, 0.5) is 52.7 Å². The van der Waals surface area contributed by atoms with Gasteiger partial charge < -0.3 is 9.11 Å². The topological polar surface area (TPSA) is 114 Å². The third-order valence-electron chi connectivity index (χ3n) is 7.59. The molecule has 0 fully saturated rings. The molecule has 0 aliphatic rings. The van der Waals surface area contributed by atoms with Crippen LogP contribution in [0.15, 0.2) is 211 Å². The molecule has 6 aromatic rings. The summed E-state index contributed by atoms with van der Waals surface area (Å²) < 4.78 is 194. The molecule has 0 atom stereocenters. The summed E-state index contributed by atoms with van der Waals surface area (Å²) in [4.78, 5) is 8.17. The van der Waals surface area contributed by atoms with Gasteiger partial charge in [0.05, 0.1) is 21.8 Å². The van der Waals surface area contributed by atoms with Crippen molar-refractivity contribution < 1.29 is 78.6 Å². The van der Waals surface area contributed by atoms with Gasteiger partial charge in [0.15, 0.2) is 49.6 Å². The number of halogens is 12. The lowest BCUT2D eigenvalue weighted by Gasteiger charge is -2.34. The molecule has 6 rings (SSSR count). The lowest BCUT2D eigenvalue weighted by atomic mass is 10.1. The van der Waals surface area contributed by atoms with Crippen molar-refractivity contribution >= 4 is 42.0 Å². The highest BCUT2D eigenvalue weighted by Crippen LogP contribution is 2.54. The van der Waals surface area contributed by atoms with Crippen LogP contribution in [0.3, 0.4) is 0 Å². The van der Waals surface area contributed by atoms with Gasteiger partial charge in [0.2, 0.25) is 0 Å². The first-order valence-corrected chi connectivity index (χ1v) is 22.4. The predicted molar refractivity (Wildman–Crippen MR) is 209 cm³/mol.